The molecule has 0 bridgehead atoms. The summed E-state index contributed by atoms with van der Waals surface area (Å²) in [6, 6.07) is 12.7. The van der Waals surface area contributed by atoms with Crippen molar-refractivity contribution in [1.82, 2.24) is 25.0 Å². The Labute approximate surface area is 179 Å². The lowest BCUT2D eigenvalue weighted by Crippen LogP contribution is -2.09. The van der Waals surface area contributed by atoms with E-state index < -0.39 is 11.9 Å². The van der Waals surface area contributed by atoms with Crippen LogP contribution in [0.4, 0.5) is 18.9 Å². The zero-order valence-electron chi connectivity index (χ0n) is 15.7. The van der Waals surface area contributed by atoms with Gasteiger partial charge in [0.25, 0.3) is 0 Å². The Kier molecular flexibility index (Phi) is 5.72. The molecule has 0 spiro atoms. The van der Waals surface area contributed by atoms with Crippen molar-refractivity contribution in [3.63, 3.8) is 0 Å². The summed E-state index contributed by atoms with van der Waals surface area (Å²) < 4.78 is 45.4. The molecule has 1 aromatic carbocycles. The molecule has 0 aliphatic rings. The predicted octanol–water partition coefficient (Wildman–Crippen LogP) is 5.13. The van der Waals surface area contributed by atoms with Gasteiger partial charge in [-0.2, -0.15) is 13.2 Å². The smallest absolute Gasteiger partial charge is 0.433 e. The second-order valence-electron chi connectivity index (χ2n) is 6.32. The van der Waals surface area contributed by atoms with E-state index in [1.165, 1.54) is 10.7 Å². The molecule has 31 heavy (non-hydrogen) atoms. The maximum Gasteiger partial charge on any atom is 0.433 e. The van der Waals surface area contributed by atoms with Crippen LogP contribution in [-0.4, -0.2) is 25.0 Å². The third-order valence-electron chi connectivity index (χ3n) is 4.10. The second kappa shape index (κ2) is 8.60. The molecule has 0 amide bonds. The molecule has 7 nitrogen and oxygen atoms in total. The van der Waals surface area contributed by atoms with E-state index in [0.717, 1.165) is 12.3 Å². The zero-order chi connectivity index (χ0) is 21.8. The summed E-state index contributed by atoms with van der Waals surface area (Å²) in [7, 11) is 0. The predicted molar refractivity (Wildman–Crippen MR) is 107 cm³/mol. The van der Waals surface area contributed by atoms with E-state index in [9.17, 15) is 13.2 Å². The van der Waals surface area contributed by atoms with Crippen LogP contribution in [0.25, 0.3) is 5.69 Å². The minimum Gasteiger partial charge on any atom is -0.437 e. The first-order chi connectivity index (χ1) is 14.9. The Balaban J connectivity index is 1.43. The number of hydrogen-bond donors (Lipinski definition) is 1. The van der Waals surface area contributed by atoms with Gasteiger partial charge in [0.2, 0.25) is 5.88 Å². The number of aromatic nitrogens is 5. The van der Waals surface area contributed by atoms with Gasteiger partial charge in [0.15, 0.2) is 0 Å². The third-order valence-corrected chi connectivity index (χ3v) is 4.39. The van der Waals surface area contributed by atoms with Crippen LogP contribution in [0.5, 0.6) is 11.6 Å². The standard InChI is InChI=1S/C20H14ClF3N6O/c21-16-10-15(4-5-17(16)31-19-3-1-2-7-26-19)30-12-14(28-29-30)11-27-13-6-8-25-18(9-13)20(22,23)24/h1-10,12H,11H2,(H,25,27). The molecule has 4 aromatic rings. The van der Waals surface area contributed by atoms with Gasteiger partial charge in [-0.3, -0.25) is 4.98 Å². The fourth-order valence-electron chi connectivity index (χ4n) is 2.63. The molecule has 158 valence electrons. The van der Waals surface area contributed by atoms with E-state index in [4.69, 9.17) is 16.3 Å². The summed E-state index contributed by atoms with van der Waals surface area (Å²) in [6.45, 7) is 0.177. The van der Waals surface area contributed by atoms with Crippen LogP contribution in [0.1, 0.15) is 11.4 Å². The molecule has 11 heteroatoms. The van der Waals surface area contributed by atoms with E-state index in [1.807, 2.05) is 0 Å². The summed E-state index contributed by atoms with van der Waals surface area (Å²) in [6.07, 6.45) is -0.159. The number of hydrogen-bond acceptors (Lipinski definition) is 6. The molecule has 0 aliphatic heterocycles. The minimum atomic E-state index is -4.51. The maximum atomic E-state index is 12.8. The topological polar surface area (TPSA) is 77.8 Å². The Morgan fingerprint density at radius 3 is 2.65 bits per heavy atom. The number of pyridine rings is 2. The lowest BCUT2D eigenvalue weighted by atomic mass is 10.3. The maximum absolute atomic E-state index is 12.8. The third kappa shape index (κ3) is 5.10. The second-order valence-corrected chi connectivity index (χ2v) is 6.73. The van der Waals surface area contributed by atoms with E-state index in [1.54, 1.807) is 48.8 Å². The van der Waals surface area contributed by atoms with Crippen molar-refractivity contribution in [1.29, 1.82) is 0 Å². The highest BCUT2D eigenvalue weighted by molar-refractivity contribution is 6.32. The Hall–Kier alpha value is -3.66. The Bertz CT molecular complexity index is 1180. The number of nitrogens with one attached hydrogen (secondary N) is 1. The van der Waals surface area contributed by atoms with Crippen LogP contribution < -0.4 is 10.1 Å². The van der Waals surface area contributed by atoms with Gasteiger partial charge in [-0.15, -0.1) is 5.10 Å². The summed E-state index contributed by atoms with van der Waals surface area (Å²) in [4.78, 5) is 7.41. The van der Waals surface area contributed by atoms with Crippen molar-refractivity contribution in [2.24, 2.45) is 0 Å². The molecule has 0 aliphatic carbocycles. The molecule has 0 unspecified atom stereocenters. The van der Waals surface area contributed by atoms with Crippen molar-refractivity contribution >= 4 is 17.3 Å². The summed E-state index contributed by atoms with van der Waals surface area (Å²) >= 11 is 6.30. The van der Waals surface area contributed by atoms with Gasteiger partial charge in [-0.05, 0) is 36.4 Å². The van der Waals surface area contributed by atoms with Crippen LogP contribution in [-0.2, 0) is 12.7 Å². The SMILES string of the molecule is FC(F)(F)c1cc(NCc2cn(-c3ccc(Oc4ccccn4)c(Cl)c3)nn2)ccn1. The minimum absolute atomic E-state index is 0.177. The molecule has 0 fully saturated rings. The van der Waals surface area contributed by atoms with E-state index >= 15 is 0 Å². The van der Waals surface area contributed by atoms with Crippen molar-refractivity contribution in [2.45, 2.75) is 12.7 Å². The molecule has 3 aromatic heterocycles. The number of rotatable bonds is 6. The van der Waals surface area contributed by atoms with Crippen molar-refractivity contribution < 1.29 is 17.9 Å². The van der Waals surface area contributed by atoms with Gasteiger partial charge >= 0.3 is 6.18 Å². The number of benzene rings is 1. The molecule has 4 rings (SSSR count). The van der Waals surface area contributed by atoms with E-state index in [0.29, 0.717) is 28.0 Å². The molecular formula is C20H14ClF3N6O. The lowest BCUT2D eigenvalue weighted by Gasteiger charge is -2.09. The molecule has 0 saturated heterocycles. The van der Waals surface area contributed by atoms with Gasteiger partial charge in [-0.25, -0.2) is 9.67 Å². The van der Waals surface area contributed by atoms with Gasteiger partial charge in [0.1, 0.15) is 17.1 Å². The normalized spacial score (nSPS) is 11.4. The van der Waals surface area contributed by atoms with Crippen LogP contribution in [0, 0.1) is 0 Å². The first kappa shape index (κ1) is 20.6. The Morgan fingerprint density at radius 2 is 1.90 bits per heavy atom. The fourth-order valence-corrected chi connectivity index (χ4v) is 2.84. The quantitative estimate of drug-likeness (QED) is 0.442. The monoisotopic (exact) mass is 446 g/mol. The van der Waals surface area contributed by atoms with Crippen LogP contribution in [0.2, 0.25) is 5.02 Å². The molecular weight excluding hydrogens is 433 g/mol. The van der Waals surface area contributed by atoms with Crippen molar-refractivity contribution in [3.8, 4) is 17.3 Å². The molecule has 0 saturated carbocycles. The van der Waals surface area contributed by atoms with E-state index in [2.05, 4.69) is 25.6 Å². The zero-order valence-corrected chi connectivity index (χ0v) is 16.5. The molecule has 3 heterocycles. The fraction of sp³-hybridized carbons (Fsp3) is 0.100. The molecule has 0 radical (unpaired) electrons. The average Bonchev–Trinajstić information content (AvgIpc) is 3.23. The lowest BCUT2D eigenvalue weighted by molar-refractivity contribution is -0.141. The highest BCUT2D eigenvalue weighted by Gasteiger charge is 2.32. The van der Waals surface area contributed by atoms with E-state index in [-0.39, 0.29) is 12.2 Å². The summed E-state index contributed by atoms with van der Waals surface area (Å²) in [5.41, 5.74) is 0.468. The van der Waals surface area contributed by atoms with Gasteiger partial charge < -0.3 is 10.1 Å². The number of nitrogens with zero attached hydrogens (tertiary/aromatic N) is 5. The van der Waals surface area contributed by atoms with Crippen LogP contribution in [0.15, 0.2) is 67.1 Å². The largest absolute Gasteiger partial charge is 0.437 e. The Morgan fingerprint density at radius 1 is 1.03 bits per heavy atom. The highest BCUT2D eigenvalue weighted by atomic mass is 35.5. The van der Waals surface area contributed by atoms with Gasteiger partial charge in [-0.1, -0.05) is 22.9 Å². The number of anilines is 1. The summed E-state index contributed by atoms with van der Waals surface area (Å²) in [5, 5.41) is 11.3. The summed E-state index contributed by atoms with van der Waals surface area (Å²) in [5.74, 6) is 0.848. The first-order valence-electron chi connectivity index (χ1n) is 8.96. The number of alkyl halides is 3. The van der Waals surface area contributed by atoms with Crippen LogP contribution >= 0.6 is 11.6 Å². The molecule has 1 N–H and O–H groups in total. The number of ether oxygens (including phenoxy) is 1. The van der Waals surface area contributed by atoms with Crippen molar-refractivity contribution in [3.05, 3.63) is 83.5 Å². The first-order valence-corrected chi connectivity index (χ1v) is 9.33. The number of halogens is 4. The molecule has 0 atom stereocenters. The average molecular weight is 447 g/mol. The highest BCUT2D eigenvalue weighted by Crippen LogP contribution is 2.30. The van der Waals surface area contributed by atoms with Crippen LogP contribution in [0.3, 0.4) is 0 Å². The van der Waals surface area contributed by atoms with Crippen molar-refractivity contribution in [2.75, 3.05) is 5.32 Å². The van der Waals surface area contributed by atoms with Gasteiger partial charge in [0, 0.05) is 24.1 Å². The van der Waals surface area contributed by atoms with Gasteiger partial charge in [0.05, 0.1) is 23.5 Å².